The molecule has 21 heavy (non-hydrogen) atoms. The van der Waals surface area contributed by atoms with Gasteiger partial charge in [-0.05, 0) is 47.2 Å². The first kappa shape index (κ1) is 13.9. The number of methoxy groups -OCH3 is 1. The molecule has 2 N–H and O–H groups in total. The molecule has 6 nitrogen and oxygen atoms in total. The minimum atomic E-state index is 0.314. The molecule has 1 aromatic carbocycles. The van der Waals surface area contributed by atoms with Crippen molar-refractivity contribution < 1.29 is 4.74 Å². The van der Waals surface area contributed by atoms with Gasteiger partial charge in [-0.1, -0.05) is 19.9 Å². The van der Waals surface area contributed by atoms with Gasteiger partial charge in [0, 0.05) is 5.69 Å². The lowest BCUT2D eigenvalue weighted by molar-refractivity contribution is 0.348. The summed E-state index contributed by atoms with van der Waals surface area (Å²) in [6, 6.07) is 5.90. The number of hydrogen-bond acceptors (Lipinski definition) is 5. The first-order valence-corrected chi connectivity index (χ1v) is 7.22. The Kier molecular flexibility index (Phi) is 3.31. The topological polar surface area (TPSA) is 78.8 Å². The Morgan fingerprint density at radius 1 is 1.38 bits per heavy atom. The van der Waals surface area contributed by atoms with Gasteiger partial charge in [-0.25, -0.2) is 4.68 Å². The number of nitrogen functional groups attached to an aromatic ring is 1. The van der Waals surface area contributed by atoms with E-state index >= 15 is 0 Å². The van der Waals surface area contributed by atoms with Gasteiger partial charge in [-0.2, -0.15) is 0 Å². The van der Waals surface area contributed by atoms with E-state index in [9.17, 15) is 0 Å². The molecule has 1 fully saturated rings. The van der Waals surface area contributed by atoms with Crippen LogP contribution < -0.4 is 10.5 Å². The number of hydrogen-bond donors (Lipinski definition) is 1. The molecule has 0 saturated heterocycles. The zero-order chi connectivity index (χ0) is 15.0. The fraction of sp³-hybridized carbons (Fsp3) is 0.533. The van der Waals surface area contributed by atoms with E-state index in [-0.39, 0.29) is 0 Å². The zero-order valence-corrected chi connectivity index (χ0v) is 12.7. The summed E-state index contributed by atoms with van der Waals surface area (Å²) in [6.45, 7) is 4.57. The van der Waals surface area contributed by atoms with E-state index < -0.39 is 0 Å². The highest BCUT2D eigenvalue weighted by molar-refractivity contribution is 5.77. The lowest BCUT2D eigenvalue weighted by atomic mass is 9.92. The van der Waals surface area contributed by atoms with Gasteiger partial charge in [-0.15, -0.1) is 5.10 Å². The molecule has 0 spiro atoms. The van der Waals surface area contributed by atoms with Crippen LogP contribution in [0.2, 0.25) is 0 Å². The number of nitrogens with two attached hydrogens (primary N) is 1. The number of anilines is 1. The third-order valence-electron chi connectivity index (χ3n) is 4.28. The SMILES string of the molecule is COc1cccc(N)c1-c1nnnn1C1CCC(C)(C)C1. The molecule has 112 valence electrons. The summed E-state index contributed by atoms with van der Waals surface area (Å²) >= 11 is 0. The molecule has 1 atom stereocenters. The molecule has 3 rings (SSSR count). The van der Waals surface area contributed by atoms with E-state index in [1.165, 1.54) is 6.42 Å². The average Bonchev–Trinajstić information content (AvgIpc) is 3.04. The van der Waals surface area contributed by atoms with Crippen LogP contribution in [-0.4, -0.2) is 27.3 Å². The quantitative estimate of drug-likeness (QED) is 0.878. The van der Waals surface area contributed by atoms with Crippen molar-refractivity contribution in [3.05, 3.63) is 18.2 Å². The van der Waals surface area contributed by atoms with E-state index in [1.54, 1.807) is 7.11 Å². The molecule has 1 aliphatic rings. The molecule has 0 radical (unpaired) electrons. The smallest absolute Gasteiger partial charge is 0.188 e. The van der Waals surface area contributed by atoms with Crippen LogP contribution in [0, 0.1) is 5.41 Å². The molecule has 0 bridgehead atoms. The zero-order valence-electron chi connectivity index (χ0n) is 12.7. The Balaban J connectivity index is 2.04. The predicted octanol–water partition coefficient (Wildman–Crippen LogP) is 2.68. The third-order valence-corrected chi connectivity index (χ3v) is 4.28. The number of nitrogens with zero attached hydrogens (tertiary/aromatic N) is 4. The summed E-state index contributed by atoms with van der Waals surface area (Å²) in [6.07, 6.45) is 3.33. The number of tetrazole rings is 1. The molecule has 1 aliphatic carbocycles. The number of aromatic nitrogens is 4. The Morgan fingerprint density at radius 2 is 2.19 bits per heavy atom. The lowest BCUT2D eigenvalue weighted by Gasteiger charge is -2.18. The molecular weight excluding hydrogens is 266 g/mol. The van der Waals surface area contributed by atoms with Gasteiger partial charge in [0.25, 0.3) is 0 Å². The highest BCUT2D eigenvalue weighted by atomic mass is 16.5. The van der Waals surface area contributed by atoms with E-state index in [1.807, 2.05) is 22.9 Å². The monoisotopic (exact) mass is 287 g/mol. The largest absolute Gasteiger partial charge is 0.496 e. The molecule has 1 aromatic heterocycles. The van der Waals surface area contributed by atoms with Gasteiger partial charge < -0.3 is 10.5 Å². The first-order chi connectivity index (χ1) is 10.0. The molecule has 0 amide bonds. The van der Waals surface area contributed by atoms with Gasteiger partial charge in [-0.3, -0.25) is 0 Å². The maximum atomic E-state index is 6.12. The van der Waals surface area contributed by atoms with Crippen molar-refractivity contribution in [1.29, 1.82) is 0 Å². The van der Waals surface area contributed by atoms with Crippen molar-refractivity contribution >= 4 is 5.69 Å². The van der Waals surface area contributed by atoms with Crippen LogP contribution in [0.25, 0.3) is 11.4 Å². The summed E-state index contributed by atoms with van der Waals surface area (Å²) in [5, 5.41) is 12.3. The van der Waals surface area contributed by atoms with Gasteiger partial charge in [0.1, 0.15) is 5.75 Å². The lowest BCUT2D eigenvalue weighted by Crippen LogP contribution is -2.12. The van der Waals surface area contributed by atoms with Gasteiger partial charge >= 0.3 is 0 Å². The van der Waals surface area contributed by atoms with Crippen LogP contribution in [0.4, 0.5) is 5.69 Å². The van der Waals surface area contributed by atoms with Crippen LogP contribution in [0.1, 0.15) is 39.2 Å². The van der Waals surface area contributed by atoms with E-state index in [4.69, 9.17) is 10.5 Å². The Labute approximate surface area is 124 Å². The first-order valence-electron chi connectivity index (χ1n) is 7.22. The standard InChI is InChI=1S/C15H21N5O/c1-15(2)8-7-10(9-15)20-14(17-18-19-20)13-11(16)5-4-6-12(13)21-3/h4-6,10H,7-9,16H2,1-3H3. The van der Waals surface area contributed by atoms with Crippen molar-refractivity contribution in [2.75, 3.05) is 12.8 Å². The minimum Gasteiger partial charge on any atom is -0.496 e. The highest BCUT2D eigenvalue weighted by Gasteiger charge is 2.34. The van der Waals surface area contributed by atoms with Crippen molar-refractivity contribution in [3.63, 3.8) is 0 Å². The second-order valence-electron chi connectivity index (χ2n) is 6.43. The maximum Gasteiger partial charge on any atom is 0.188 e. The third kappa shape index (κ3) is 2.46. The second-order valence-corrected chi connectivity index (χ2v) is 6.43. The summed E-state index contributed by atoms with van der Waals surface area (Å²) in [7, 11) is 1.63. The number of ether oxygens (including phenoxy) is 1. The fourth-order valence-electron chi connectivity index (χ4n) is 3.17. The summed E-state index contributed by atoms with van der Waals surface area (Å²) in [5.41, 5.74) is 7.85. The van der Waals surface area contributed by atoms with Crippen molar-refractivity contribution in [2.24, 2.45) is 5.41 Å². The van der Waals surface area contributed by atoms with Gasteiger partial charge in [0.05, 0.1) is 18.7 Å². The van der Waals surface area contributed by atoms with E-state index in [0.29, 0.717) is 28.7 Å². The number of benzene rings is 1. The molecule has 1 saturated carbocycles. The summed E-state index contributed by atoms with van der Waals surface area (Å²) < 4.78 is 7.33. The Morgan fingerprint density at radius 3 is 2.86 bits per heavy atom. The van der Waals surface area contributed by atoms with Crippen LogP contribution in [0.15, 0.2) is 18.2 Å². The van der Waals surface area contributed by atoms with E-state index in [2.05, 4.69) is 29.4 Å². The molecule has 6 heteroatoms. The number of rotatable bonds is 3. The Hall–Kier alpha value is -2.11. The van der Waals surface area contributed by atoms with Crippen LogP contribution in [0.5, 0.6) is 5.75 Å². The van der Waals surface area contributed by atoms with Crippen LogP contribution in [0.3, 0.4) is 0 Å². The fourth-order valence-corrected chi connectivity index (χ4v) is 3.17. The van der Waals surface area contributed by atoms with Crippen LogP contribution in [-0.2, 0) is 0 Å². The van der Waals surface area contributed by atoms with Crippen molar-refractivity contribution in [1.82, 2.24) is 20.2 Å². The Bertz CT molecular complexity index is 649. The molecule has 0 aliphatic heterocycles. The highest BCUT2D eigenvalue weighted by Crippen LogP contribution is 2.45. The average molecular weight is 287 g/mol. The molecule has 1 heterocycles. The molecule has 2 aromatic rings. The van der Waals surface area contributed by atoms with Crippen molar-refractivity contribution in [3.8, 4) is 17.1 Å². The van der Waals surface area contributed by atoms with Crippen molar-refractivity contribution in [2.45, 2.75) is 39.2 Å². The molecule has 1 unspecified atom stereocenters. The predicted molar refractivity (Wildman–Crippen MR) is 80.9 cm³/mol. The van der Waals surface area contributed by atoms with Gasteiger partial charge in [0.15, 0.2) is 5.82 Å². The van der Waals surface area contributed by atoms with E-state index in [0.717, 1.165) is 18.4 Å². The van der Waals surface area contributed by atoms with Gasteiger partial charge in [0.2, 0.25) is 0 Å². The normalized spacial score (nSPS) is 20.6. The summed E-state index contributed by atoms with van der Waals surface area (Å²) in [5.74, 6) is 1.39. The van der Waals surface area contributed by atoms with Crippen LogP contribution >= 0.6 is 0 Å². The second kappa shape index (κ2) is 5.02. The summed E-state index contributed by atoms with van der Waals surface area (Å²) in [4.78, 5) is 0. The molecular formula is C15H21N5O. The minimum absolute atomic E-state index is 0.314. The maximum absolute atomic E-state index is 6.12.